The summed E-state index contributed by atoms with van der Waals surface area (Å²) in [5.74, 6) is -0.129. The average Bonchev–Trinajstić information content (AvgIpc) is 2.85. The number of hydrogen-bond acceptors (Lipinski definition) is 3. The Morgan fingerprint density at radius 1 is 1.43 bits per heavy atom. The lowest BCUT2D eigenvalue weighted by Gasteiger charge is -2.36. The number of hydrogen-bond donors (Lipinski definition) is 1. The lowest BCUT2D eigenvalue weighted by atomic mass is 9.91. The van der Waals surface area contributed by atoms with Gasteiger partial charge in [-0.25, -0.2) is 0 Å². The molecule has 21 heavy (non-hydrogen) atoms. The molecule has 0 aliphatic carbocycles. The van der Waals surface area contributed by atoms with Gasteiger partial charge < -0.3 is 14.8 Å². The van der Waals surface area contributed by atoms with Gasteiger partial charge in [-0.2, -0.15) is 0 Å². The Morgan fingerprint density at radius 3 is 3.05 bits per heavy atom. The summed E-state index contributed by atoms with van der Waals surface area (Å²) in [5, 5.41) is 2.83. The minimum absolute atomic E-state index is 0.0396. The number of amides is 2. The molecule has 1 aromatic rings. The van der Waals surface area contributed by atoms with E-state index in [9.17, 15) is 14.4 Å². The van der Waals surface area contributed by atoms with Crippen molar-refractivity contribution in [3.8, 4) is 0 Å². The standard InChI is InChI=1S/C15H19N3O3/c1-10-4-2-6-17(15(10)21)9-13(19)18-7-3-5-11-12(18)8-16-14(11)20/h2,4,6,11-12H,3,5,7-9H2,1H3,(H,16,20)/t11-,12-/m1/s1. The number of nitrogens with one attached hydrogen (secondary N) is 1. The fraction of sp³-hybridized carbons (Fsp3) is 0.533. The van der Waals surface area contributed by atoms with E-state index in [0.717, 1.165) is 12.8 Å². The van der Waals surface area contributed by atoms with Crippen molar-refractivity contribution in [1.29, 1.82) is 0 Å². The summed E-state index contributed by atoms with van der Waals surface area (Å²) in [5.41, 5.74) is 0.486. The molecule has 0 saturated carbocycles. The van der Waals surface area contributed by atoms with Crippen LogP contribution in [0.1, 0.15) is 18.4 Å². The normalized spacial score (nSPS) is 24.6. The summed E-state index contributed by atoms with van der Waals surface area (Å²) in [6.07, 6.45) is 3.31. The summed E-state index contributed by atoms with van der Waals surface area (Å²) in [6, 6.07) is 3.45. The molecule has 0 aromatic carbocycles. The van der Waals surface area contributed by atoms with E-state index < -0.39 is 0 Å². The molecule has 2 aliphatic rings. The van der Waals surface area contributed by atoms with Gasteiger partial charge in [0.15, 0.2) is 0 Å². The first-order chi connectivity index (χ1) is 10.1. The molecule has 6 heteroatoms. The predicted molar refractivity (Wildman–Crippen MR) is 76.7 cm³/mol. The van der Waals surface area contributed by atoms with E-state index in [1.54, 1.807) is 30.2 Å². The molecule has 0 unspecified atom stereocenters. The van der Waals surface area contributed by atoms with Gasteiger partial charge in [0, 0.05) is 24.8 Å². The number of piperidine rings is 1. The summed E-state index contributed by atoms with van der Waals surface area (Å²) in [7, 11) is 0. The molecule has 2 amide bonds. The lowest BCUT2D eigenvalue weighted by molar-refractivity contribution is -0.137. The number of rotatable bonds is 2. The number of aryl methyl sites for hydroxylation is 1. The maximum Gasteiger partial charge on any atom is 0.253 e. The van der Waals surface area contributed by atoms with Crippen molar-refractivity contribution in [2.75, 3.05) is 13.1 Å². The third kappa shape index (κ3) is 2.46. The molecule has 1 aromatic heterocycles. The van der Waals surface area contributed by atoms with Crippen LogP contribution in [0.5, 0.6) is 0 Å². The maximum absolute atomic E-state index is 12.5. The number of fused-ring (bicyclic) bond motifs is 1. The van der Waals surface area contributed by atoms with Crippen LogP contribution in [0.25, 0.3) is 0 Å². The maximum atomic E-state index is 12.5. The van der Waals surface area contributed by atoms with Crippen LogP contribution < -0.4 is 10.9 Å². The van der Waals surface area contributed by atoms with E-state index in [-0.39, 0.29) is 35.9 Å². The van der Waals surface area contributed by atoms with Gasteiger partial charge in [0.05, 0.1) is 12.0 Å². The van der Waals surface area contributed by atoms with Crippen LogP contribution in [0.2, 0.25) is 0 Å². The monoisotopic (exact) mass is 289 g/mol. The van der Waals surface area contributed by atoms with Gasteiger partial charge in [-0.1, -0.05) is 6.07 Å². The van der Waals surface area contributed by atoms with Crippen LogP contribution >= 0.6 is 0 Å². The Kier molecular flexibility index (Phi) is 3.53. The molecule has 6 nitrogen and oxygen atoms in total. The zero-order valence-corrected chi connectivity index (χ0v) is 12.0. The van der Waals surface area contributed by atoms with Gasteiger partial charge in [0.1, 0.15) is 6.54 Å². The van der Waals surface area contributed by atoms with Crippen LogP contribution in [0, 0.1) is 12.8 Å². The summed E-state index contributed by atoms with van der Waals surface area (Å²) < 4.78 is 1.44. The van der Waals surface area contributed by atoms with Crippen molar-refractivity contribution < 1.29 is 9.59 Å². The smallest absolute Gasteiger partial charge is 0.253 e. The third-order valence-electron chi connectivity index (χ3n) is 4.44. The van der Waals surface area contributed by atoms with Crippen LogP contribution in [0.3, 0.4) is 0 Å². The average molecular weight is 289 g/mol. The van der Waals surface area contributed by atoms with Gasteiger partial charge >= 0.3 is 0 Å². The molecule has 1 N–H and O–H groups in total. The first-order valence-electron chi connectivity index (χ1n) is 7.31. The van der Waals surface area contributed by atoms with Crippen LogP contribution in [0.15, 0.2) is 23.1 Å². The highest BCUT2D eigenvalue weighted by atomic mass is 16.2. The number of pyridine rings is 1. The second-order valence-corrected chi connectivity index (χ2v) is 5.77. The van der Waals surface area contributed by atoms with Crippen molar-refractivity contribution in [3.63, 3.8) is 0 Å². The minimum Gasteiger partial charge on any atom is -0.354 e. The summed E-state index contributed by atoms with van der Waals surface area (Å²) in [4.78, 5) is 38.0. The van der Waals surface area contributed by atoms with Crippen molar-refractivity contribution in [3.05, 3.63) is 34.2 Å². The number of aromatic nitrogens is 1. The van der Waals surface area contributed by atoms with E-state index in [2.05, 4.69) is 5.32 Å². The Hall–Kier alpha value is -2.11. The van der Waals surface area contributed by atoms with E-state index in [0.29, 0.717) is 18.7 Å². The molecule has 3 rings (SSSR count). The van der Waals surface area contributed by atoms with Gasteiger partial charge in [-0.3, -0.25) is 14.4 Å². The zero-order valence-electron chi connectivity index (χ0n) is 12.0. The minimum atomic E-state index is -0.139. The van der Waals surface area contributed by atoms with E-state index >= 15 is 0 Å². The highest BCUT2D eigenvalue weighted by Gasteiger charge is 2.42. The van der Waals surface area contributed by atoms with Gasteiger partial charge in [0.25, 0.3) is 5.56 Å². The Morgan fingerprint density at radius 2 is 2.24 bits per heavy atom. The second kappa shape index (κ2) is 5.35. The fourth-order valence-electron chi connectivity index (χ4n) is 3.28. The molecule has 3 heterocycles. The second-order valence-electron chi connectivity index (χ2n) is 5.77. The highest BCUT2D eigenvalue weighted by molar-refractivity contribution is 5.84. The summed E-state index contributed by atoms with van der Waals surface area (Å²) >= 11 is 0. The molecule has 112 valence electrons. The third-order valence-corrected chi connectivity index (χ3v) is 4.44. The molecular weight excluding hydrogens is 270 g/mol. The molecule has 0 spiro atoms. The number of carbonyl (C=O) groups excluding carboxylic acids is 2. The molecule has 0 bridgehead atoms. The SMILES string of the molecule is Cc1cccn(CC(=O)N2CCC[C@H]3C(=O)NC[C@H]32)c1=O. The topological polar surface area (TPSA) is 71.4 Å². The first-order valence-corrected chi connectivity index (χ1v) is 7.31. The van der Waals surface area contributed by atoms with Crippen LogP contribution in [-0.2, 0) is 16.1 Å². The summed E-state index contributed by atoms with van der Waals surface area (Å²) in [6.45, 7) is 2.96. The quantitative estimate of drug-likeness (QED) is 0.826. The molecule has 2 atom stereocenters. The molecule has 0 radical (unpaired) electrons. The fourth-order valence-corrected chi connectivity index (χ4v) is 3.28. The van der Waals surface area contributed by atoms with Crippen molar-refractivity contribution in [2.24, 2.45) is 5.92 Å². The van der Waals surface area contributed by atoms with Gasteiger partial charge in [-0.05, 0) is 25.8 Å². The van der Waals surface area contributed by atoms with Gasteiger partial charge in [0.2, 0.25) is 11.8 Å². The largest absolute Gasteiger partial charge is 0.354 e. The predicted octanol–water partition coefficient (Wildman–Crippen LogP) is -0.106. The van der Waals surface area contributed by atoms with Crippen molar-refractivity contribution in [1.82, 2.24) is 14.8 Å². The van der Waals surface area contributed by atoms with E-state index in [4.69, 9.17) is 0 Å². The van der Waals surface area contributed by atoms with Crippen LogP contribution in [0.4, 0.5) is 0 Å². The van der Waals surface area contributed by atoms with Crippen LogP contribution in [-0.4, -0.2) is 40.4 Å². The molecular formula is C15H19N3O3. The van der Waals surface area contributed by atoms with Crippen molar-refractivity contribution in [2.45, 2.75) is 32.4 Å². The first kappa shape index (κ1) is 13.9. The Balaban J connectivity index is 1.77. The number of likely N-dealkylation sites (tertiary alicyclic amines) is 1. The Bertz CT molecular complexity index is 637. The van der Waals surface area contributed by atoms with Gasteiger partial charge in [-0.15, -0.1) is 0 Å². The number of carbonyl (C=O) groups is 2. The van der Waals surface area contributed by atoms with E-state index in [1.807, 2.05) is 0 Å². The number of nitrogens with zero attached hydrogens (tertiary/aromatic N) is 2. The zero-order chi connectivity index (χ0) is 15.0. The molecule has 2 fully saturated rings. The highest BCUT2D eigenvalue weighted by Crippen LogP contribution is 2.27. The Labute approximate surface area is 122 Å². The molecule has 2 aliphatic heterocycles. The lowest BCUT2D eigenvalue weighted by Crippen LogP contribution is -2.50. The van der Waals surface area contributed by atoms with Crippen molar-refractivity contribution >= 4 is 11.8 Å². The molecule has 2 saturated heterocycles. The van der Waals surface area contributed by atoms with E-state index in [1.165, 1.54) is 4.57 Å².